The predicted octanol–water partition coefficient (Wildman–Crippen LogP) is 0.736. The maximum Gasteiger partial charge on any atom is 0.320 e. The Balaban J connectivity index is 2.56. The number of carbonyl (C=O) groups is 3. The van der Waals surface area contributed by atoms with E-state index in [9.17, 15) is 14.4 Å². The van der Waals surface area contributed by atoms with Crippen molar-refractivity contribution in [3.8, 4) is 0 Å². The molecule has 0 bridgehead atoms. The van der Waals surface area contributed by atoms with E-state index in [0.717, 1.165) is 0 Å². The number of carbonyl (C=O) groups excluding carboxylic acids is 2. The summed E-state index contributed by atoms with van der Waals surface area (Å²) < 4.78 is 0. The van der Waals surface area contributed by atoms with Crippen LogP contribution >= 0.6 is 0 Å². The van der Waals surface area contributed by atoms with Crippen LogP contribution in [0.15, 0.2) is 0 Å². The number of likely N-dealkylation sites (tertiary alicyclic amines) is 1. The van der Waals surface area contributed by atoms with E-state index in [0.29, 0.717) is 32.5 Å². The Morgan fingerprint density at radius 3 is 2.29 bits per heavy atom. The number of carboxylic acid groups (broad SMARTS) is 1. The molecule has 0 spiro atoms. The van der Waals surface area contributed by atoms with Crippen LogP contribution in [0.5, 0.6) is 0 Å². The van der Waals surface area contributed by atoms with Gasteiger partial charge in [-0.25, -0.2) is 4.79 Å². The standard InChI is InChI=1S/C14H25N3O4/c1-10(2)8-17(9-12(15)18)14(21)16-5-3-11(4-6-16)7-13(19)20/h10-11H,3-9H2,1-2H3,(H2,15,18)(H,19,20). The van der Waals surface area contributed by atoms with Crippen LogP contribution in [-0.2, 0) is 9.59 Å². The smallest absolute Gasteiger partial charge is 0.320 e. The first-order chi connectivity index (χ1) is 9.79. The fourth-order valence-electron chi connectivity index (χ4n) is 2.61. The van der Waals surface area contributed by atoms with Gasteiger partial charge in [0.2, 0.25) is 5.91 Å². The normalized spacial score (nSPS) is 16.0. The molecule has 1 aliphatic heterocycles. The van der Waals surface area contributed by atoms with Gasteiger partial charge >= 0.3 is 12.0 Å². The van der Waals surface area contributed by atoms with Crippen molar-refractivity contribution in [2.24, 2.45) is 17.6 Å². The number of hydrogen-bond donors (Lipinski definition) is 2. The van der Waals surface area contributed by atoms with Gasteiger partial charge in [-0.3, -0.25) is 9.59 Å². The van der Waals surface area contributed by atoms with Crippen molar-refractivity contribution >= 4 is 17.9 Å². The van der Waals surface area contributed by atoms with Crippen LogP contribution in [-0.4, -0.2) is 59.0 Å². The average molecular weight is 299 g/mol. The lowest BCUT2D eigenvalue weighted by Gasteiger charge is -2.35. The SMILES string of the molecule is CC(C)CN(CC(N)=O)C(=O)N1CCC(CC(=O)O)CC1. The van der Waals surface area contributed by atoms with E-state index in [1.165, 1.54) is 4.90 Å². The molecule has 1 rings (SSSR count). The monoisotopic (exact) mass is 299 g/mol. The highest BCUT2D eigenvalue weighted by molar-refractivity contribution is 5.83. The second-order valence-electron chi connectivity index (χ2n) is 6.05. The lowest BCUT2D eigenvalue weighted by Crippen LogP contribution is -2.50. The molecule has 0 unspecified atom stereocenters. The van der Waals surface area contributed by atoms with Crippen LogP contribution in [0.1, 0.15) is 33.1 Å². The van der Waals surface area contributed by atoms with Crippen LogP contribution < -0.4 is 5.73 Å². The highest BCUT2D eigenvalue weighted by Gasteiger charge is 2.28. The summed E-state index contributed by atoms with van der Waals surface area (Å²) in [7, 11) is 0. The van der Waals surface area contributed by atoms with Gasteiger partial charge in [-0.2, -0.15) is 0 Å². The molecular weight excluding hydrogens is 274 g/mol. The van der Waals surface area contributed by atoms with Gasteiger partial charge in [0.05, 0.1) is 0 Å². The fraction of sp³-hybridized carbons (Fsp3) is 0.786. The number of carboxylic acids is 1. The van der Waals surface area contributed by atoms with Crippen LogP contribution in [0.4, 0.5) is 4.79 Å². The Morgan fingerprint density at radius 2 is 1.86 bits per heavy atom. The molecule has 7 heteroatoms. The third kappa shape index (κ3) is 6.01. The maximum atomic E-state index is 12.4. The number of amides is 3. The van der Waals surface area contributed by atoms with Crippen molar-refractivity contribution in [1.82, 2.24) is 9.80 Å². The van der Waals surface area contributed by atoms with Gasteiger partial charge in [0.1, 0.15) is 6.54 Å². The molecule has 0 saturated carbocycles. The number of urea groups is 1. The predicted molar refractivity (Wildman–Crippen MR) is 77.6 cm³/mol. The minimum Gasteiger partial charge on any atom is -0.481 e. The van der Waals surface area contributed by atoms with Crippen LogP contribution in [0.3, 0.4) is 0 Å². The zero-order valence-electron chi connectivity index (χ0n) is 12.7. The largest absolute Gasteiger partial charge is 0.481 e. The van der Waals surface area contributed by atoms with E-state index in [1.807, 2.05) is 13.8 Å². The van der Waals surface area contributed by atoms with Crippen molar-refractivity contribution in [2.45, 2.75) is 33.1 Å². The summed E-state index contributed by atoms with van der Waals surface area (Å²) in [4.78, 5) is 37.4. The van der Waals surface area contributed by atoms with Gasteiger partial charge < -0.3 is 20.6 Å². The van der Waals surface area contributed by atoms with Crippen molar-refractivity contribution in [3.05, 3.63) is 0 Å². The van der Waals surface area contributed by atoms with Crippen LogP contribution in [0.25, 0.3) is 0 Å². The third-order valence-corrected chi connectivity index (χ3v) is 3.55. The van der Waals surface area contributed by atoms with Gasteiger partial charge in [-0.1, -0.05) is 13.8 Å². The molecule has 0 aliphatic carbocycles. The molecular formula is C14H25N3O4. The van der Waals surface area contributed by atoms with Crippen LogP contribution in [0.2, 0.25) is 0 Å². The molecule has 1 heterocycles. The quantitative estimate of drug-likeness (QED) is 0.754. The second-order valence-corrected chi connectivity index (χ2v) is 6.05. The Hall–Kier alpha value is -1.79. The molecule has 21 heavy (non-hydrogen) atoms. The molecule has 7 nitrogen and oxygen atoms in total. The summed E-state index contributed by atoms with van der Waals surface area (Å²) in [6.45, 7) is 5.41. The third-order valence-electron chi connectivity index (χ3n) is 3.55. The number of hydrogen-bond acceptors (Lipinski definition) is 3. The molecule has 120 valence electrons. The number of rotatable bonds is 6. The molecule has 1 saturated heterocycles. The lowest BCUT2D eigenvalue weighted by molar-refractivity contribution is -0.138. The topological polar surface area (TPSA) is 104 Å². The van der Waals surface area contributed by atoms with Crippen LogP contribution in [0, 0.1) is 11.8 Å². The van der Waals surface area contributed by atoms with Gasteiger partial charge in [0.25, 0.3) is 0 Å². The van der Waals surface area contributed by atoms with Gasteiger partial charge in [0.15, 0.2) is 0 Å². The van der Waals surface area contributed by atoms with E-state index in [-0.39, 0.29) is 30.8 Å². The summed E-state index contributed by atoms with van der Waals surface area (Å²) in [5, 5.41) is 8.79. The zero-order valence-corrected chi connectivity index (χ0v) is 12.7. The van der Waals surface area contributed by atoms with Crippen molar-refractivity contribution in [3.63, 3.8) is 0 Å². The molecule has 0 aromatic heterocycles. The first kappa shape index (κ1) is 17.3. The Kier molecular flexibility index (Phi) is 6.45. The number of primary amides is 1. The summed E-state index contributed by atoms with van der Waals surface area (Å²) >= 11 is 0. The first-order valence-electron chi connectivity index (χ1n) is 7.33. The lowest BCUT2D eigenvalue weighted by atomic mass is 9.94. The van der Waals surface area contributed by atoms with E-state index in [2.05, 4.69) is 0 Å². The fourth-order valence-corrected chi connectivity index (χ4v) is 2.61. The minimum absolute atomic E-state index is 0.0773. The van der Waals surface area contributed by atoms with E-state index in [1.54, 1.807) is 4.90 Å². The molecule has 0 radical (unpaired) electrons. The Labute approximate surface area is 125 Å². The first-order valence-corrected chi connectivity index (χ1v) is 7.33. The summed E-state index contributed by atoms with van der Waals surface area (Å²) in [6.07, 6.45) is 1.52. The van der Waals surface area contributed by atoms with Crippen molar-refractivity contribution in [1.29, 1.82) is 0 Å². The van der Waals surface area contributed by atoms with Gasteiger partial charge in [-0.15, -0.1) is 0 Å². The molecule has 0 aromatic carbocycles. The number of piperidine rings is 1. The van der Waals surface area contributed by atoms with E-state index in [4.69, 9.17) is 10.8 Å². The molecule has 1 aliphatic rings. The molecule has 3 N–H and O–H groups in total. The Bertz CT molecular complexity index is 390. The minimum atomic E-state index is -0.796. The zero-order chi connectivity index (χ0) is 16.0. The summed E-state index contributed by atoms with van der Waals surface area (Å²) in [5.74, 6) is -0.946. The number of nitrogens with zero attached hydrogens (tertiary/aromatic N) is 2. The van der Waals surface area contributed by atoms with E-state index >= 15 is 0 Å². The Morgan fingerprint density at radius 1 is 1.29 bits per heavy atom. The summed E-state index contributed by atoms with van der Waals surface area (Å²) in [5.41, 5.74) is 5.20. The summed E-state index contributed by atoms with van der Waals surface area (Å²) in [6, 6.07) is -0.184. The number of aliphatic carboxylic acids is 1. The second kappa shape index (κ2) is 7.85. The molecule has 0 aromatic rings. The molecule has 0 atom stereocenters. The number of nitrogens with two attached hydrogens (primary N) is 1. The van der Waals surface area contributed by atoms with Crippen molar-refractivity contribution < 1.29 is 19.5 Å². The average Bonchev–Trinajstić information content (AvgIpc) is 2.36. The van der Waals surface area contributed by atoms with Crippen molar-refractivity contribution in [2.75, 3.05) is 26.2 Å². The highest BCUT2D eigenvalue weighted by Crippen LogP contribution is 2.21. The highest BCUT2D eigenvalue weighted by atomic mass is 16.4. The molecule has 3 amide bonds. The van der Waals surface area contributed by atoms with Gasteiger partial charge in [-0.05, 0) is 24.7 Å². The van der Waals surface area contributed by atoms with E-state index < -0.39 is 11.9 Å². The maximum absolute atomic E-state index is 12.4. The van der Waals surface area contributed by atoms with Gasteiger partial charge in [0, 0.05) is 26.1 Å². The molecule has 1 fully saturated rings.